The summed E-state index contributed by atoms with van der Waals surface area (Å²) in [5, 5.41) is 19.0. The summed E-state index contributed by atoms with van der Waals surface area (Å²) >= 11 is 0. The number of aliphatic hydroxyl groups is 2. The van der Waals surface area contributed by atoms with Crippen LogP contribution in [0, 0.1) is 0 Å². The third-order valence-corrected chi connectivity index (χ3v) is 5.19. The van der Waals surface area contributed by atoms with Crippen LogP contribution in [0.25, 0.3) is 0 Å². The van der Waals surface area contributed by atoms with Crippen molar-refractivity contribution in [3.8, 4) is 0 Å². The minimum Gasteiger partial charge on any atom is -0.459 e. The third-order valence-electron chi connectivity index (χ3n) is 5.19. The fraction of sp³-hybridized carbons (Fsp3) is 0.600. The molecule has 2 saturated carbocycles. The lowest BCUT2D eigenvalue weighted by atomic mass is 9.95. The maximum atomic E-state index is 12.2. The second-order valence-electron chi connectivity index (χ2n) is 7.25. The highest BCUT2D eigenvalue weighted by molar-refractivity contribution is 5.93. The Morgan fingerprint density at radius 2 is 0.962 bits per heavy atom. The van der Waals surface area contributed by atoms with Crippen LogP contribution in [0.4, 0.5) is 0 Å². The highest BCUT2D eigenvalue weighted by atomic mass is 16.5. The average molecular weight is 362 g/mol. The molecule has 0 unspecified atom stereocenters. The number of carbonyl (C=O) groups excluding carboxylic acids is 2. The minimum absolute atomic E-state index is 0.155. The molecule has 2 aliphatic carbocycles. The molecule has 6 heteroatoms. The minimum atomic E-state index is -0.410. The summed E-state index contributed by atoms with van der Waals surface area (Å²) in [5.74, 6) is -0.819. The Morgan fingerprint density at radius 1 is 0.654 bits per heavy atom. The molecule has 2 fully saturated rings. The molecule has 1 aromatic rings. The Balaban J connectivity index is 1.51. The van der Waals surface area contributed by atoms with Gasteiger partial charge in [-0.05, 0) is 75.6 Å². The van der Waals surface area contributed by atoms with Gasteiger partial charge in [0.05, 0.1) is 23.3 Å². The van der Waals surface area contributed by atoms with Crippen LogP contribution < -0.4 is 0 Å². The van der Waals surface area contributed by atoms with E-state index in [1.165, 1.54) is 0 Å². The van der Waals surface area contributed by atoms with Crippen molar-refractivity contribution in [1.29, 1.82) is 0 Å². The molecule has 0 aromatic heterocycles. The maximum Gasteiger partial charge on any atom is 0.338 e. The number of hydrogen-bond acceptors (Lipinski definition) is 6. The first-order valence-electron chi connectivity index (χ1n) is 9.39. The van der Waals surface area contributed by atoms with Gasteiger partial charge in [0.2, 0.25) is 0 Å². The zero-order chi connectivity index (χ0) is 18.5. The summed E-state index contributed by atoms with van der Waals surface area (Å²) in [7, 11) is 0. The molecule has 2 N–H and O–H groups in total. The second kappa shape index (κ2) is 8.64. The predicted octanol–water partition coefficient (Wildman–Crippen LogP) is 2.61. The molecular formula is C20H26O6. The monoisotopic (exact) mass is 362 g/mol. The topological polar surface area (TPSA) is 93.1 Å². The lowest BCUT2D eigenvalue weighted by molar-refractivity contribution is 0.00376. The largest absolute Gasteiger partial charge is 0.459 e. The number of rotatable bonds is 4. The van der Waals surface area contributed by atoms with E-state index in [-0.39, 0.29) is 24.4 Å². The molecule has 26 heavy (non-hydrogen) atoms. The number of esters is 2. The zero-order valence-electron chi connectivity index (χ0n) is 14.8. The summed E-state index contributed by atoms with van der Waals surface area (Å²) in [5.41, 5.74) is 0.793. The Kier molecular flexibility index (Phi) is 6.27. The van der Waals surface area contributed by atoms with Crippen molar-refractivity contribution < 1.29 is 29.3 Å². The van der Waals surface area contributed by atoms with Gasteiger partial charge in [-0.15, -0.1) is 0 Å². The van der Waals surface area contributed by atoms with E-state index < -0.39 is 11.9 Å². The lowest BCUT2D eigenvalue weighted by Crippen LogP contribution is -2.27. The molecule has 0 radical (unpaired) electrons. The first-order chi connectivity index (χ1) is 12.5. The number of carbonyl (C=O) groups is 2. The molecule has 2 aliphatic rings. The number of ether oxygens (including phenoxy) is 2. The average Bonchev–Trinajstić information content (AvgIpc) is 2.65. The molecule has 0 amide bonds. The van der Waals surface area contributed by atoms with E-state index in [1.54, 1.807) is 24.3 Å². The molecule has 0 atom stereocenters. The van der Waals surface area contributed by atoms with E-state index in [4.69, 9.17) is 9.47 Å². The van der Waals surface area contributed by atoms with Crippen LogP contribution in [-0.4, -0.2) is 46.6 Å². The van der Waals surface area contributed by atoms with Crippen molar-refractivity contribution in [2.75, 3.05) is 0 Å². The molecular weight excluding hydrogens is 336 g/mol. The highest BCUT2D eigenvalue weighted by Crippen LogP contribution is 2.23. The van der Waals surface area contributed by atoms with Gasteiger partial charge in [0.1, 0.15) is 12.2 Å². The van der Waals surface area contributed by atoms with Crippen LogP contribution >= 0.6 is 0 Å². The van der Waals surface area contributed by atoms with Crippen molar-refractivity contribution in [2.24, 2.45) is 0 Å². The molecule has 6 nitrogen and oxygen atoms in total. The van der Waals surface area contributed by atoms with E-state index in [1.807, 2.05) is 0 Å². The van der Waals surface area contributed by atoms with Crippen LogP contribution in [0.15, 0.2) is 24.3 Å². The Labute approximate surface area is 153 Å². The predicted molar refractivity (Wildman–Crippen MR) is 93.8 cm³/mol. The van der Waals surface area contributed by atoms with Gasteiger partial charge in [0, 0.05) is 0 Å². The van der Waals surface area contributed by atoms with Gasteiger partial charge in [-0.25, -0.2) is 9.59 Å². The van der Waals surface area contributed by atoms with Gasteiger partial charge < -0.3 is 19.7 Å². The van der Waals surface area contributed by atoms with Crippen molar-refractivity contribution in [2.45, 2.75) is 75.8 Å². The standard InChI is InChI=1S/C20H26O6/c21-15-5-9-17(10-6-15)25-19(23)13-1-2-14(4-3-13)20(24)26-18-11-7-16(22)8-12-18/h1-4,15-18,21-22H,5-12H2. The molecule has 1 aromatic carbocycles. The van der Waals surface area contributed by atoms with Gasteiger partial charge in [0.15, 0.2) is 0 Å². The smallest absolute Gasteiger partial charge is 0.338 e. The summed E-state index contributed by atoms with van der Waals surface area (Å²) in [4.78, 5) is 24.4. The summed E-state index contributed by atoms with van der Waals surface area (Å²) in [6, 6.07) is 6.28. The SMILES string of the molecule is O=C(OC1CCC(O)CC1)c1ccc(C(=O)OC2CCC(O)CC2)cc1. The van der Waals surface area contributed by atoms with E-state index in [9.17, 15) is 19.8 Å². The Hall–Kier alpha value is -1.92. The van der Waals surface area contributed by atoms with Crippen molar-refractivity contribution >= 4 is 11.9 Å². The molecule has 142 valence electrons. The quantitative estimate of drug-likeness (QED) is 0.800. The van der Waals surface area contributed by atoms with Crippen LogP contribution in [0.2, 0.25) is 0 Å². The fourth-order valence-electron chi connectivity index (χ4n) is 3.51. The molecule has 3 rings (SSSR count). The van der Waals surface area contributed by atoms with Gasteiger partial charge in [-0.1, -0.05) is 0 Å². The Morgan fingerprint density at radius 3 is 1.27 bits per heavy atom. The van der Waals surface area contributed by atoms with E-state index in [0.717, 1.165) is 0 Å². The van der Waals surface area contributed by atoms with Crippen molar-refractivity contribution in [3.63, 3.8) is 0 Å². The number of hydrogen-bond donors (Lipinski definition) is 2. The summed E-state index contributed by atoms with van der Waals surface area (Å²) in [6.45, 7) is 0. The van der Waals surface area contributed by atoms with E-state index in [2.05, 4.69) is 0 Å². The zero-order valence-corrected chi connectivity index (χ0v) is 14.8. The number of benzene rings is 1. The highest BCUT2D eigenvalue weighted by Gasteiger charge is 2.24. The molecule has 0 heterocycles. The van der Waals surface area contributed by atoms with Crippen LogP contribution in [0.5, 0.6) is 0 Å². The van der Waals surface area contributed by atoms with E-state index in [0.29, 0.717) is 62.5 Å². The van der Waals surface area contributed by atoms with Crippen LogP contribution in [-0.2, 0) is 9.47 Å². The third kappa shape index (κ3) is 5.05. The maximum absolute atomic E-state index is 12.2. The van der Waals surface area contributed by atoms with Crippen LogP contribution in [0.3, 0.4) is 0 Å². The molecule has 0 spiro atoms. The molecule has 0 aliphatic heterocycles. The molecule has 0 saturated heterocycles. The Bertz CT molecular complexity index is 555. The second-order valence-corrected chi connectivity index (χ2v) is 7.25. The normalized spacial score (nSPS) is 29.0. The van der Waals surface area contributed by atoms with Gasteiger partial charge in [0.25, 0.3) is 0 Å². The fourth-order valence-corrected chi connectivity index (χ4v) is 3.51. The molecule has 0 bridgehead atoms. The van der Waals surface area contributed by atoms with Crippen LogP contribution in [0.1, 0.15) is 72.1 Å². The number of aliphatic hydroxyl groups excluding tert-OH is 2. The summed E-state index contributed by atoms with van der Waals surface area (Å²) < 4.78 is 10.9. The van der Waals surface area contributed by atoms with Gasteiger partial charge in [-0.2, -0.15) is 0 Å². The lowest BCUT2D eigenvalue weighted by Gasteiger charge is -2.25. The van der Waals surface area contributed by atoms with Gasteiger partial charge in [-0.3, -0.25) is 0 Å². The first-order valence-corrected chi connectivity index (χ1v) is 9.39. The van der Waals surface area contributed by atoms with Crippen molar-refractivity contribution in [3.05, 3.63) is 35.4 Å². The summed E-state index contributed by atoms with van der Waals surface area (Å²) in [6.07, 6.45) is 4.42. The van der Waals surface area contributed by atoms with Crippen molar-refractivity contribution in [1.82, 2.24) is 0 Å². The first kappa shape index (κ1) is 18.9. The van der Waals surface area contributed by atoms with E-state index >= 15 is 0 Å². The van der Waals surface area contributed by atoms with Gasteiger partial charge >= 0.3 is 11.9 Å².